The second kappa shape index (κ2) is 16.6. The number of hydrogen-bond donors (Lipinski definition) is 5. The van der Waals surface area contributed by atoms with Gasteiger partial charge in [0.2, 0.25) is 11.8 Å². The fourth-order valence-electron chi connectivity index (χ4n) is 2.42. The van der Waals surface area contributed by atoms with Crippen molar-refractivity contribution >= 4 is 17.6 Å². The van der Waals surface area contributed by atoms with E-state index in [9.17, 15) is 14.4 Å². The highest BCUT2D eigenvalue weighted by Crippen LogP contribution is 2.17. The molecule has 0 saturated carbocycles. The van der Waals surface area contributed by atoms with Crippen LogP contribution >= 0.6 is 0 Å². The normalized spacial score (nSPS) is 13.8. The molecule has 27 heavy (non-hydrogen) atoms. The molecule has 3 atom stereocenters. The summed E-state index contributed by atoms with van der Waals surface area (Å²) >= 11 is 0. The average Bonchev–Trinajstić information content (AvgIpc) is 2.63. The van der Waals surface area contributed by atoms with Crippen LogP contribution in [-0.2, 0) is 14.4 Å². The van der Waals surface area contributed by atoms with Crippen LogP contribution in [0.4, 0.5) is 0 Å². The maximum absolute atomic E-state index is 12.2. The Morgan fingerprint density at radius 1 is 1.07 bits per heavy atom. The molecule has 0 aromatic rings. The summed E-state index contributed by atoms with van der Waals surface area (Å²) in [6.45, 7) is 9.92. The van der Waals surface area contributed by atoms with Crippen molar-refractivity contribution < 1.29 is 19.5 Å². The number of aliphatic hydroxyl groups excluding tert-OH is 1. The van der Waals surface area contributed by atoms with Gasteiger partial charge in [-0.15, -0.1) is 0 Å². The molecule has 8 heteroatoms. The molecule has 0 fully saturated rings. The van der Waals surface area contributed by atoms with Gasteiger partial charge in [0.15, 0.2) is 5.78 Å². The molecular weight excluding hydrogens is 348 g/mol. The van der Waals surface area contributed by atoms with Gasteiger partial charge in [-0.05, 0) is 32.2 Å². The van der Waals surface area contributed by atoms with E-state index in [1.165, 1.54) is 0 Å². The number of hydrogen-bond acceptors (Lipinski definition) is 6. The lowest BCUT2D eigenvalue weighted by Gasteiger charge is -2.20. The molecule has 0 aliphatic carbocycles. The van der Waals surface area contributed by atoms with Gasteiger partial charge in [-0.1, -0.05) is 34.1 Å². The second-order valence-electron chi connectivity index (χ2n) is 6.97. The summed E-state index contributed by atoms with van der Waals surface area (Å²) in [5.74, 6) is -0.683. The Kier molecular flexibility index (Phi) is 17.1. The number of carbonyl (C=O) groups excluding carboxylic acids is 3. The Bertz CT molecular complexity index is 430. The molecule has 0 aliphatic heterocycles. The van der Waals surface area contributed by atoms with Crippen LogP contribution < -0.4 is 22.1 Å². The van der Waals surface area contributed by atoms with Gasteiger partial charge in [0.25, 0.3) is 0 Å². The van der Waals surface area contributed by atoms with Crippen LogP contribution in [0.5, 0.6) is 0 Å². The first-order chi connectivity index (χ1) is 12.7. The van der Waals surface area contributed by atoms with Gasteiger partial charge in [-0.25, -0.2) is 0 Å². The second-order valence-corrected chi connectivity index (χ2v) is 6.97. The van der Waals surface area contributed by atoms with Gasteiger partial charge in [0.05, 0.1) is 12.6 Å². The summed E-state index contributed by atoms with van der Waals surface area (Å²) in [4.78, 5) is 36.1. The van der Waals surface area contributed by atoms with E-state index in [1.807, 2.05) is 0 Å². The van der Waals surface area contributed by atoms with Crippen molar-refractivity contribution in [1.82, 2.24) is 10.6 Å². The fourth-order valence-corrected chi connectivity index (χ4v) is 2.42. The van der Waals surface area contributed by atoms with Crippen molar-refractivity contribution in [2.75, 3.05) is 26.2 Å². The maximum Gasteiger partial charge on any atom is 0.240 e. The zero-order valence-electron chi connectivity index (χ0n) is 17.6. The molecular formula is C19H40N4O4. The highest BCUT2D eigenvalue weighted by atomic mass is 16.2. The predicted octanol–water partition coefficient (Wildman–Crippen LogP) is 0.171. The van der Waals surface area contributed by atoms with E-state index in [0.717, 1.165) is 12.8 Å². The monoisotopic (exact) mass is 388 g/mol. The van der Waals surface area contributed by atoms with Crippen LogP contribution in [0.3, 0.4) is 0 Å². The molecule has 0 spiro atoms. The molecule has 8 nitrogen and oxygen atoms in total. The number of aliphatic hydroxyl groups is 1. The predicted molar refractivity (Wildman–Crippen MR) is 108 cm³/mol. The molecule has 160 valence electrons. The van der Waals surface area contributed by atoms with E-state index in [4.69, 9.17) is 16.6 Å². The molecule has 0 aromatic carbocycles. The molecule has 0 saturated heterocycles. The van der Waals surface area contributed by atoms with Gasteiger partial charge in [0, 0.05) is 25.0 Å². The van der Waals surface area contributed by atoms with E-state index < -0.39 is 11.9 Å². The number of rotatable bonds is 12. The molecule has 0 radical (unpaired) electrons. The first-order valence-corrected chi connectivity index (χ1v) is 9.79. The smallest absolute Gasteiger partial charge is 0.240 e. The third-order valence-corrected chi connectivity index (χ3v) is 4.18. The Morgan fingerprint density at radius 2 is 1.63 bits per heavy atom. The molecule has 0 bridgehead atoms. The molecule has 2 amide bonds. The van der Waals surface area contributed by atoms with E-state index >= 15 is 0 Å². The summed E-state index contributed by atoms with van der Waals surface area (Å²) in [5, 5.41) is 12.8. The molecule has 0 heterocycles. The van der Waals surface area contributed by atoms with Crippen LogP contribution in [0.25, 0.3) is 0 Å². The third kappa shape index (κ3) is 13.3. The minimum absolute atomic E-state index is 0.0422. The van der Waals surface area contributed by atoms with E-state index in [2.05, 4.69) is 24.5 Å². The van der Waals surface area contributed by atoms with Crippen molar-refractivity contribution in [3.63, 3.8) is 0 Å². The fraction of sp³-hybridized carbons (Fsp3) is 0.842. The van der Waals surface area contributed by atoms with Crippen LogP contribution in [0.1, 0.15) is 53.9 Å². The lowest BCUT2D eigenvalue weighted by atomic mass is 9.91. The number of amides is 2. The Balaban J connectivity index is 0. The number of nitrogens with one attached hydrogen (secondary N) is 2. The van der Waals surface area contributed by atoms with Crippen LogP contribution in [0, 0.1) is 17.8 Å². The van der Waals surface area contributed by atoms with Crippen molar-refractivity contribution in [2.24, 2.45) is 29.2 Å². The van der Waals surface area contributed by atoms with Crippen LogP contribution in [0.2, 0.25) is 0 Å². The standard InChI is InChI=1S/C17H34N4O3.C2H6O/c1-5-12(4)8-13(6-7-18)17(24)20-10-15(22)21-14(9-19)16(23)11(2)3;1-2-3/h11-14H,5-10,18-19H2,1-4H3,(H,20,24)(H,21,22);3H,2H2,1H3. The molecule has 0 rings (SSSR count). The first-order valence-electron chi connectivity index (χ1n) is 9.79. The highest BCUT2D eigenvalue weighted by molar-refractivity contribution is 5.92. The van der Waals surface area contributed by atoms with Crippen molar-refractivity contribution in [1.29, 1.82) is 0 Å². The summed E-state index contributed by atoms with van der Waals surface area (Å²) in [6.07, 6.45) is 2.33. The van der Waals surface area contributed by atoms with E-state index in [-0.39, 0.29) is 43.2 Å². The van der Waals surface area contributed by atoms with E-state index in [1.54, 1.807) is 20.8 Å². The number of Topliss-reactive ketones (excluding diaryl/α,β-unsaturated/α-hetero) is 1. The summed E-state index contributed by atoms with van der Waals surface area (Å²) in [6, 6.07) is -0.714. The summed E-state index contributed by atoms with van der Waals surface area (Å²) in [5.41, 5.74) is 11.1. The van der Waals surface area contributed by atoms with Crippen molar-refractivity contribution in [3.05, 3.63) is 0 Å². The number of ketones is 1. The zero-order valence-corrected chi connectivity index (χ0v) is 17.6. The van der Waals surface area contributed by atoms with Gasteiger partial charge in [0.1, 0.15) is 0 Å². The number of carbonyl (C=O) groups is 3. The minimum Gasteiger partial charge on any atom is -0.397 e. The zero-order chi connectivity index (χ0) is 21.4. The van der Waals surface area contributed by atoms with Gasteiger partial charge in [-0.3, -0.25) is 14.4 Å². The van der Waals surface area contributed by atoms with Crippen molar-refractivity contribution in [3.8, 4) is 0 Å². The Labute approximate surface area is 163 Å². The molecule has 0 aliphatic rings. The summed E-state index contributed by atoms with van der Waals surface area (Å²) in [7, 11) is 0. The maximum atomic E-state index is 12.2. The lowest BCUT2D eigenvalue weighted by Crippen LogP contribution is -2.50. The summed E-state index contributed by atoms with van der Waals surface area (Å²) < 4.78 is 0. The van der Waals surface area contributed by atoms with Crippen LogP contribution in [-0.4, -0.2) is 55.0 Å². The minimum atomic E-state index is -0.714. The van der Waals surface area contributed by atoms with Gasteiger partial charge >= 0.3 is 0 Å². The van der Waals surface area contributed by atoms with Gasteiger partial charge in [-0.2, -0.15) is 0 Å². The van der Waals surface area contributed by atoms with Gasteiger partial charge < -0.3 is 27.2 Å². The third-order valence-electron chi connectivity index (χ3n) is 4.18. The molecule has 3 unspecified atom stereocenters. The lowest BCUT2D eigenvalue weighted by molar-refractivity contribution is -0.131. The Hall–Kier alpha value is -1.51. The average molecular weight is 389 g/mol. The molecule has 7 N–H and O–H groups in total. The van der Waals surface area contributed by atoms with Crippen molar-refractivity contribution in [2.45, 2.75) is 59.9 Å². The molecule has 0 aromatic heterocycles. The van der Waals surface area contributed by atoms with Crippen LogP contribution in [0.15, 0.2) is 0 Å². The topological polar surface area (TPSA) is 148 Å². The SMILES string of the molecule is CCC(C)CC(CCN)C(=O)NCC(=O)NC(CN)C(=O)C(C)C.CCO. The highest BCUT2D eigenvalue weighted by Gasteiger charge is 2.23. The Morgan fingerprint density at radius 3 is 2.04 bits per heavy atom. The quantitative estimate of drug-likeness (QED) is 0.322. The first kappa shape index (κ1) is 27.7. The largest absolute Gasteiger partial charge is 0.397 e. The number of nitrogens with two attached hydrogens (primary N) is 2. The van der Waals surface area contributed by atoms with E-state index in [0.29, 0.717) is 18.9 Å².